The molecule has 0 aliphatic carbocycles. The quantitative estimate of drug-likeness (QED) is 0.0445. The standard InChI is InChI=1S/C47H80O9Si.C47H78O8Si.2CO2/c1-11-36-32(9)39(22-28(5)27-49-57(12-2,13-3)14-4)52-41(36)25-40-31(8)29(6)23-34(51-40)17-18-37-30(7)24-35(50-37)19-20-47-26-42-44(56-47)46-45(54-42)43(55-47)33(10)38(53-46)16-15-21-48;1-12-17-38-33(11)43-45-46(52-38)44-42(53-45)26-47(54-43,55-44)21-20-35-24-30(8)37(49-35)19-18-34-23-29(7)31(9)40(50-34)25-41-36(13-2)32(10)39(51-41)22-28(6)27-48-56(14-3,15-4)16-5;2*2-1-3/h28-29,32-46,48H,7-8,11-27H2,1-6,9-10H3;12,28-29,32-46H,1,8-9,13-27H2,2-7,10-11H3;;/t2*28-,29+,32+,33-,34?,35-,36+,37-,38-,39+,40+,41-,42+,43-,44-,45?,46-,47+;;/m00../s1. The molecule has 16 heterocycles. The van der Waals surface area contributed by atoms with E-state index >= 15 is 0 Å². The molecular weight excluding hydrogens is 1550 g/mol. The number of hydrogen-bond donors (Lipinski definition) is 1. The average Bonchev–Trinajstić information content (AvgIpc) is 1.56. The van der Waals surface area contributed by atoms with E-state index in [-0.39, 0.29) is 177 Å². The number of ether oxygens (including phenoxy) is 14. The molecule has 23 heteroatoms. The van der Waals surface area contributed by atoms with Crippen LogP contribution in [0.2, 0.25) is 36.3 Å². The van der Waals surface area contributed by atoms with Crippen molar-refractivity contribution in [3.8, 4) is 0 Å². The highest BCUT2D eigenvalue weighted by Crippen LogP contribution is 2.57. The van der Waals surface area contributed by atoms with Gasteiger partial charge >= 0.3 is 12.3 Å². The number of hydrogen-bond acceptors (Lipinski definition) is 21. The maximum absolute atomic E-state index is 9.46. The Balaban J connectivity index is 0.000000219. The summed E-state index contributed by atoms with van der Waals surface area (Å²) < 4.78 is 108. The highest BCUT2D eigenvalue weighted by atomic mass is 28.4. The molecule has 1 N–H and O–H groups in total. The Morgan fingerprint density at radius 2 is 0.815 bits per heavy atom. The Bertz CT molecular complexity index is 3310. The highest BCUT2D eigenvalue weighted by Gasteiger charge is 2.69. The van der Waals surface area contributed by atoms with Gasteiger partial charge in [-0.1, -0.05) is 156 Å². The van der Waals surface area contributed by atoms with E-state index in [0.717, 1.165) is 161 Å². The van der Waals surface area contributed by atoms with Crippen molar-refractivity contribution in [2.75, 3.05) is 19.8 Å². The SMILES string of the molecule is C=C1C[C@H](CC[C@@]23C[C@H]4OC5[C@@H](O2)[C@@H](C)[C@H](CCCO)O[C@H]5[C@H]4O3)O[C@H]1CCC1C[C@@H](C)C(=C)[C@@H](C[C@@H]2O[C@H](C[C@H](C)CO[Si](CC)(CC)CC)[C@H](C)[C@H]2CC)O1.C=CC[C@@H]1O[C@@H]2C3O[C@@H]4C[C@@](CC[C@H]5CC(=C)[C@H](CCC6C[C@@H](C)C(=C)[C@@H](C[C@@H]7O[C@H](C[C@H](C)CO[Si](CC)(CC)CC)[C@H](C)[C@H]7CC)O6)O5)(O[C@H]24)O[C@H]3[C@H]1C.O=C=O.O=C=O. The monoisotopic (exact) mass is 1700 g/mol. The molecule has 16 saturated heterocycles. The summed E-state index contributed by atoms with van der Waals surface area (Å²) in [6, 6.07) is 7.21. The van der Waals surface area contributed by atoms with Crippen molar-refractivity contribution in [2.24, 2.45) is 59.2 Å². The lowest BCUT2D eigenvalue weighted by atomic mass is 9.80. The van der Waals surface area contributed by atoms with Gasteiger partial charge in [-0.3, -0.25) is 0 Å². The normalized spacial score (nSPS) is 42.8. The fraction of sp³-hybridized carbons (Fsp3) is 0.875. The number of aliphatic hydroxyl groups excluding tert-OH is 1. The van der Waals surface area contributed by atoms with E-state index in [1.54, 1.807) is 0 Å². The first-order valence-corrected chi connectivity index (χ1v) is 52.6. The third kappa shape index (κ3) is 22.1. The van der Waals surface area contributed by atoms with Crippen molar-refractivity contribution in [2.45, 2.75) is 453 Å². The van der Waals surface area contributed by atoms with Gasteiger partial charge in [-0.25, -0.2) is 0 Å². The van der Waals surface area contributed by atoms with Crippen molar-refractivity contribution in [1.29, 1.82) is 0 Å². The van der Waals surface area contributed by atoms with E-state index in [9.17, 15) is 5.11 Å². The predicted molar refractivity (Wildman–Crippen MR) is 460 cm³/mol. The second-order valence-electron chi connectivity index (χ2n) is 39.3. The molecule has 0 spiro atoms. The molecule has 0 saturated carbocycles. The summed E-state index contributed by atoms with van der Waals surface area (Å²) in [4.78, 5) is 32.5. The summed E-state index contributed by atoms with van der Waals surface area (Å²) in [7, 11) is -3.17. The maximum Gasteiger partial charge on any atom is 0.373 e. The van der Waals surface area contributed by atoms with E-state index in [0.29, 0.717) is 47.3 Å². The molecule has 0 radical (unpaired) electrons. The van der Waals surface area contributed by atoms with Crippen LogP contribution in [0.3, 0.4) is 0 Å². The van der Waals surface area contributed by atoms with Crippen molar-refractivity contribution < 1.29 is 99.5 Å². The number of carbonyl (C=O) groups excluding carboxylic acids is 4. The first-order chi connectivity index (χ1) is 57.0. The molecule has 16 fully saturated rings. The van der Waals surface area contributed by atoms with Crippen LogP contribution < -0.4 is 0 Å². The fourth-order valence-electron chi connectivity index (χ4n) is 24.0. The molecule has 676 valence electrons. The van der Waals surface area contributed by atoms with Crippen LogP contribution in [0.25, 0.3) is 0 Å². The first-order valence-electron chi connectivity index (χ1n) is 47.5. The molecule has 21 nitrogen and oxygen atoms in total. The Kier molecular flexibility index (Phi) is 35.3. The third-order valence-electron chi connectivity index (χ3n) is 32.0. The molecule has 119 heavy (non-hydrogen) atoms. The van der Waals surface area contributed by atoms with Crippen LogP contribution in [0, 0.1) is 59.2 Å². The van der Waals surface area contributed by atoms with Gasteiger partial charge in [-0.2, -0.15) is 19.2 Å². The van der Waals surface area contributed by atoms with Crippen LogP contribution in [-0.2, 0) is 94.3 Å². The lowest BCUT2D eigenvalue weighted by Gasteiger charge is -2.42. The topological polar surface area (TPSA) is 236 Å². The van der Waals surface area contributed by atoms with Crippen LogP contribution >= 0.6 is 0 Å². The Morgan fingerprint density at radius 1 is 0.445 bits per heavy atom. The van der Waals surface area contributed by atoms with E-state index in [1.165, 1.54) is 58.6 Å². The molecule has 36 atom stereocenters. The molecule has 16 aliphatic rings. The van der Waals surface area contributed by atoms with Crippen LogP contribution in [-0.4, -0.2) is 212 Å². The van der Waals surface area contributed by atoms with E-state index in [2.05, 4.69) is 144 Å². The van der Waals surface area contributed by atoms with Crippen LogP contribution in [0.15, 0.2) is 61.3 Å². The zero-order valence-electron chi connectivity index (χ0n) is 76.0. The molecule has 12 bridgehead atoms. The van der Waals surface area contributed by atoms with Crippen molar-refractivity contribution in [3.63, 3.8) is 0 Å². The van der Waals surface area contributed by atoms with Crippen LogP contribution in [0.1, 0.15) is 258 Å². The zero-order valence-corrected chi connectivity index (χ0v) is 78.0. The highest BCUT2D eigenvalue weighted by molar-refractivity contribution is 6.74. The smallest absolute Gasteiger partial charge is 0.373 e. The number of aliphatic hydroxyl groups is 1. The van der Waals surface area contributed by atoms with Gasteiger partial charge in [0.2, 0.25) is 0 Å². The van der Waals surface area contributed by atoms with Gasteiger partial charge < -0.3 is 80.3 Å². The van der Waals surface area contributed by atoms with Gasteiger partial charge in [0.25, 0.3) is 0 Å². The second kappa shape index (κ2) is 43.3. The minimum absolute atomic E-state index is 0.0134. The van der Waals surface area contributed by atoms with Gasteiger partial charge in [-0.15, -0.1) is 6.58 Å². The Hall–Kier alpha value is -2.79. The van der Waals surface area contributed by atoms with Crippen molar-refractivity contribution in [1.82, 2.24) is 0 Å². The van der Waals surface area contributed by atoms with Gasteiger partial charge in [0.1, 0.15) is 36.6 Å². The molecular formula is C96H158O21Si2. The van der Waals surface area contributed by atoms with E-state index in [1.807, 2.05) is 6.08 Å². The van der Waals surface area contributed by atoms with E-state index < -0.39 is 28.2 Å². The first kappa shape index (κ1) is 96.8. The molecule has 16 aliphatic heterocycles. The summed E-state index contributed by atoms with van der Waals surface area (Å²) in [5.74, 6) is 3.06. The van der Waals surface area contributed by atoms with Gasteiger partial charge in [-0.05, 0) is 202 Å². The van der Waals surface area contributed by atoms with Crippen molar-refractivity contribution in [3.05, 3.63) is 61.3 Å². The second-order valence-corrected chi connectivity index (χ2v) is 48.9. The molecule has 0 amide bonds. The summed E-state index contributed by atoms with van der Waals surface area (Å²) in [6.45, 7) is 61.2. The Labute approximate surface area is 717 Å². The van der Waals surface area contributed by atoms with Crippen molar-refractivity contribution >= 4 is 28.9 Å². The van der Waals surface area contributed by atoms with Gasteiger partial charge in [0.05, 0.1) is 110 Å². The third-order valence-corrected chi connectivity index (χ3v) is 41.3. The molecule has 0 aromatic carbocycles. The zero-order chi connectivity index (χ0) is 86.0. The minimum Gasteiger partial charge on any atom is -0.417 e. The minimum atomic E-state index is -1.59. The van der Waals surface area contributed by atoms with Crippen LogP contribution in [0.4, 0.5) is 0 Å². The number of rotatable bonds is 39. The lowest BCUT2D eigenvalue weighted by Crippen LogP contribution is -2.54. The molecule has 0 aromatic heterocycles. The molecule has 16 rings (SSSR count). The predicted octanol–water partition coefficient (Wildman–Crippen LogP) is 18.2. The largest absolute Gasteiger partial charge is 0.417 e. The summed E-state index contributed by atoms with van der Waals surface area (Å²) >= 11 is 0. The average molecular weight is 1700 g/mol. The Morgan fingerprint density at radius 3 is 1.19 bits per heavy atom. The maximum atomic E-state index is 9.46. The lowest BCUT2D eigenvalue weighted by molar-refractivity contribution is -0.263. The van der Waals surface area contributed by atoms with E-state index in [4.69, 9.17) is 94.3 Å². The summed E-state index contributed by atoms with van der Waals surface area (Å²) in [6.07, 6.45) is 24.8. The van der Waals surface area contributed by atoms with Gasteiger partial charge in [0, 0.05) is 70.2 Å². The molecule has 0 aromatic rings. The summed E-state index contributed by atoms with van der Waals surface area (Å²) in [5, 5.41) is 9.46. The van der Waals surface area contributed by atoms with Gasteiger partial charge in [0.15, 0.2) is 28.2 Å². The fourth-order valence-corrected chi connectivity index (χ4v) is 29.5. The molecule has 4 unspecified atom stereocenters. The summed E-state index contributed by atoms with van der Waals surface area (Å²) in [5.41, 5.74) is 4.87. The van der Waals surface area contributed by atoms with Crippen LogP contribution in [0.5, 0.6) is 0 Å².